The highest BCUT2D eigenvalue weighted by molar-refractivity contribution is 5.80. The van der Waals surface area contributed by atoms with Gasteiger partial charge in [0.2, 0.25) is 0 Å². The standard InChI is InChI=1S/C15H19N3O/c1-19-13-8-3-2-7-11(13)14-12(17-18-15(14)16)9-10-5-4-6-10/h2-3,7-8,10H,4-6,9H2,1H3,(H3,16,17,18). The summed E-state index contributed by atoms with van der Waals surface area (Å²) in [6, 6.07) is 7.95. The molecule has 2 aromatic rings. The van der Waals surface area contributed by atoms with Crippen LogP contribution in [0, 0.1) is 5.92 Å². The van der Waals surface area contributed by atoms with Crippen molar-refractivity contribution in [2.75, 3.05) is 12.8 Å². The molecule has 1 aromatic carbocycles. The average molecular weight is 257 g/mol. The van der Waals surface area contributed by atoms with E-state index in [9.17, 15) is 0 Å². The van der Waals surface area contributed by atoms with Crippen LogP contribution >= 0.6 is 0 Å². The van der Waals surface area contributed by atoms with Gasteiger partial charge in [0.1, 0.15) is 5.75 Å². The zero-order valence-corrected chi connectivity index (χ0v) is 11.1. The summed E-state index contributed by atoms with van der Waals surface area (Å²) in [5, 5.41) is 7.27. The molecule has 1 aromatic heterocycles. The van der Waals surface area contributed by atoms with E-state index in [1.807, 2.05) is 24.3 Å². The molecule has 0 aliphatic heterocycles. The second kappa shape index (κ2) is 4.96. The number of para-hydroxylation sites is 1. The molecule has 19 heavy (non-hydrogen) atoms. The molecule has 0 radical (unpaired) electrons. The lowest BCUT2D eigenvalue weighted by Gasteiger charge is -2.25. The van der Waals surface area contributed by atoms with Gasteiger partial charge in [-0.15, -0.1) is 0 Å². The number of methoxy groups -OCH3 is 1. The highest BCUT2D eigenvalue weighted by atomic mass is 16.5. The number of anilines is 1. The van der Waals surface area contributed by atoms with E-state index in [0.717, 1.165) is 34.9 Å². The van der Waals surface area contributed by atoms with E-state index in [1.54, 1.807) is 7.11 Å². The summed E-state index contributed by atoms with van der Waals surface area (Å²) < 4.78 is 5.43. The van der Waals surface area contributed by atoms with E-state index >= 15 is 0 Å². The monoisotopic (exact) mass is 257 g/mol. The quantitative estimate of drug-likeness (QED) is 0.885. The molecule has 4 heteroatoms. The predicted molar refractivity (Wildman–Crippen MR) is 76.0 cm³/mol. The third kappa shape index (κ3) is 2.18. The lowest BCUT2D eigenvalue weighted by molar-refractivity contribution is 0.312. The Hall–Kier alpha value is -1.97. The van der Waals surface area contributed by atoms with Crippen molar-refractivity contribution in [3.05, 3.63) is 30.0 Å². The second-order valence-electron chi connectivity index (χ2n) is 5.16. The lowest BCUT2D eigenvalue weighted by atomic mass is 9.81. The first-order valence-electron chi connectivity index (χ1n) is 6.75. The molecule has 1 fully saturated rings. The maximum Gasteiger partial charge on any atom is 0.153 e. The molecule has 0 bridgehead atoms. The molecule has 0 amide bonds. The van der Waals surface area contributed by atoms with Gasteiger partial charge in [0.25, 0.3) is 0 Å². The van der Waals surface area contributed by atoms with Gasteiger partial charge in [-0.2, -0.15) is 5.10 Å². The minimum atomic E-state index is 0.554. The third-order valence-electron chi connectivity index (χ3n) is 3.96. The SMILES string of the molecule is COc1ccccc1-c1c(N)n[nH]c1CC1CCC1. The van der Waals surface area contributed by atoms with E-state index in [2.05, 4.69) is 10.2 Å². The maximum atomic E-state index is 6.03. The van der Waals surface area contributed by atoms with Crippen LogP contribution in [0.4, 0.5) is 5.82 Å². The van der Waals surface area contributed by atoms with Crippen molar-refractivity contribution in [2.24, 2.45) is 5.92 Å². The molecule has 0 spiro atoms. The molecule has 1 aliphatic carbocycles. The molecule has 0 unspecified atom stereocenters. The van der Waals surface area contributed by atoms with Gasteiger partial charge in [-0.25, -0.2) is 0 Å². The molecule has 1 heterocycles. The Kier molecular flexibility index (Phi) is 3.15. The Bertz CT molecular complexity index is 573. The second-order valence-corrected chi connectivity index (χ2v) is 5.16. The van der Waals surface area contributed by atoms with Crippen LogP contribution in [0.1, 0.15) is 25.0 Å². The van der Waals surface area contributed by atoms with Gasteiger partial charge in [-0.05, 0) is 18.4 Å². The van der Waals surface area contributed by atoms with Crippen LogP contribution < -0.4 is 10.5 Å². The van der Waals surface area contributed by atoms with Gasteiger partial charge >= 0.3 is 0 Å². The van der Waals surface area contributed by atoms with E-state index in [1.165, 1.54) is 19.3 Å². The Morgan fingerprint density at radius 3 is 2.84 bits per heavy atom. The number of benzene rings is 1. The first kappa shape index (κ1) is 12.1. The fourth-order valence-electron chi connectivity index (χ4n) is 2.68. The number of aromatic nitrogens is 2. The summed E-state index contributed by atoms with van der Waals surface area (Å²) in [7, 11) is 1.68. The minimum Gasteiger partial charge on any atom is -0.496 e. The molecule has 0 atom stereocenters. The van der Waals surface area contributed by atoms with Gasteiger partial charge in [0.15, 0.2) is 5.82 Å². The zero-order chi connectivity index (χ0) is 13.2. The highest BCUT2D eigenvalue weighted by Gasteiger charge is 2.23. The van der Waals surface area contributed by atoms with E-state index < -0.39 is 0 Å². The smallest absolute Gasteiger partial charge is 0.153 e. The van der Waals surface area contributed by atoms with Gasteiger partial charge in [0.05, 0.1) is 12.7 Å². The van der Waals surface area contributed by atoms with E-state index in [0.29, 0.717) is 5.82 Å². The number of aromatic amines is 1. The lowest BCUT2D eigenvalue weighted by Crippen LogP contribution is -2.14. The average Bonchev–Trinajstić information content (AvgIpc) is 2.75. The number of nitrogens with two attached hydrogens (primary N) is 1. The molecule has 4 nitrogen and oxygen atoms in total. The van der Waals surface area contributed by atoms with Crippen LogP contribution in [0.3, 0.4) is 0 Å². The van der Waals surface area contributed by atoms with E-state index in [-0.39, 0.29) is 0 Å². The Labute approximate surface area is 113 Å². The van der Waals surface area contributed by atoms with Crippen molar-refractivity contribution in [1.82, 2.24) is 10.2 Å². The molecule has 1 saturated carbocycles. The van der Waals surface area contributed by atoms with Crippen molar-refractivity contribution in [2.45, 2.75) is 25.7 Å². The summed E-state index contributed by atoms with van der Waals surface area (Å²) in [5.74, 6) is 2.16. The molecule has 1 aliphatic rings. The number of nitrogens with zero attached hydrogens (tertiary/aromatic N) is 1. The first-order chi connectivity index (χ1) is 9.29. The fourth-order valence-corrected chi connectivity index (χ4v) is 2.68. The van der Waals surface area contributed by atoms with Gasteiger partial charge in [-0.1, -0.05) is 37.5 Å². The van der Waals surface area contributed by atoms with Crippen LogP contribution in [0.25, 0.3) is 11.1 Å². The fraction of sp³-hybridized carbons (Fsp3) is 0.400. The predicted octanol–water partition coefficient (Wildman–Crippen LogP) is 3.01. The highest BCUT2D eigenvalue weighted by Crippen LogP contribution is 2.38. The molecular formula is C15H19N3O. The van der Waals surface area contributed by atoms with Crippen molar-refractivity contribution in [1.29, 1.82) is 0 Å². The van der Waals surface area contributed by atoms with Crippen LogP contribution in [0.2, 0.25) is 0 Å². The number of ether oxygens (including phenoxy) is 1. The molecule has 100 valence electrons. The van der Waals surface area contributed by atoms with Crippen molar-refractivity contribution >= 4 is 5.82 Å². The number of H-pyrrole nitrogens is 1. The summed E-state index contributed by atoms with van der Waals surface area (Å²) in [6.07, 6.45) is 4.99. The largest absolute Gasteiger partial charge is 0.496 e. The number of hydrogen-bond acceptors (Lipinski definition) is 3. The van der Waals surface area contributed by atoms with Crippen molar-refractivity contribution in [3.8, 4) is 16.9 Å². The van der Waals surface area contributed by atoms with Crippen LogP contribution in [0.15, 0.2) is 24.3 Å². The molecule has 3 rings (SSSR count). The van der Waals surface area contributed by atoms with Gasteiger partial charge < -0.3 is 10.5 Å². The van der Waals surface area contributed by atoms with Crippen molar-refractivity contribution in [3.63, 3.8) is 0 Å². The minimum absolute atomic E-state index is 0.554. The molecule has 3 N–H and O–H groups in total. The van der Waals surface area contributed by atoms with Crippen LogP contribution in [0.5, 0.6) is 5.75 Å². The molecule has 0 saturated heterocycles. The molecular weight excluding hydrogens is 238 g/mol. The van der Waals surface area contributed by atoms with Crippen molar-refractivity contribution < 1.29 is 4.74 Å². The zero-order valence-electron chi connectivity index (χ0n) is 11.1. The summed E-state index contributed by atoms with van der Waals surface area (Å²) in [5.41, 5.74) is 9.19. The number of hydrogen-bond donors (Lipinski definition) is 2. The van der Waals surface area contributed by atoms with Crippen LogP contribution in [-0.2, 0) is 6.42 Å². The Morgan fingerprint density at radius 1 is 1.37 bits per heavy atom. The number of nitrogen functional groups attached to an aromatic ring is 1. The third-order valence-corrected chi connectivity index (χ3v) is 3.96. The Morgan fingerprint density at radius 2 is 2.16 bits per heavy atom. The van der Waals surface area contributed by atoms with Crippen LogP contribution in [-0.4, -0.2) is 17.3 Å². The number of rotatable bonds is 4. The Balaban J connectivity index is 2.00. The first-order valence-corrected chi connectivity index (χ1v) is 6.75. The van der Waals surface area contributed by atoms with Gasteiger partial charge in [-0.3, -0.25) is 5.10 Å². The normalized spacial score (nSPS) is 15.2. The summed E-state index contributed by atoms with van der Waals surface area (Å²) in [6.45, 7) is 0. The topological polar surface area (TPSA) is 63.9 Å². The van der Waals surface area contributed by atoms with Gasteiger partial charge in [0, 0.05) is 11.3 Å². The van der Waals surface area contributed by atoms with E-state index in [4.69, 9.17) is 10.5 Å². The number of nitrogens with one attached hydrogen (secondary N) is 1. The maximum absolute atomic E-state index is 6.03. The summed E-state index contributed by atoms with van der Waals surface area (Å²) >= 11 is 0. The summed E-state index contributed by atoms with van der Waals surface area (Å²) in [4.78, 5) is 0.